The number of benzene rings is 2. The molecule has 3 N–H and O–H groups in total. The number of H-pyrrole nitrogens is 1. The van der Waals surface area contributed by atoms with Gasteiger partial charge in [0, 0.05) is 22.3 Å². The number of carbonyl (C=O) groups is 2. The third-order valence-corrected chi connectivity index (χ3v) is 5.38. The summed E-state index contributed by atoms with van der Waals surface area (Å²) in [4.78, 5) is 29.3. The van der Waals surface area contributed by atoms with Crippen LogP contribution in [-0.2, 0) is 4.79 Å². The van der Waals surface area contributed by atoms with Gasteiger partial charge in [-0.15, -0.1) is 0 Å². The van der Waals surface area contributed by atoms with Crippen LogP contribution in [0.25, 0.3) is 17.0 Å². The van der Waals surface area contributed by atoms with Crippen molar-refractivity contribution in [1.82, 2.24) is 15.5 Å². The number of fused-ring (bicyclic) bond motifs is 2. The van der Waals surface area contributed by atoms with Gasteiger partial charge >= 0.3 is 6.03 Å². The number of anilines is 1. The van der Waals surface area contributed by atoms with Gasteiger partial charge in [-0.3, -0.25) is 9.89 Å². The minimum Gasteiger partial charge on any atom is -0.489 e. The highest BCUT2D eigenvalue weighted by Crippen LogP contribution is 2.30. The molecule has 3 heterocycles. The Morgan fingerprint density at radius 1 is 1.23 bits per heavy atom. The Balaban J connectivity index is 1.46. The summed E-state index contributed by atoms with van der Waals surface area (Å²) in [6, 6.07) is 12.2. The molecule has 0 spiro atoms. The van der Waals surface area contributed by atoms with Crippen LogP contribution in [0.15, 0.2) is 59.2 Å². The zero-order chi connectivity index (χ0) is 20.7. The Hall–Kier alpha value is -3.94. The summed E-state index contributed by atoms with van der Waals surface area (Å²) in [5, 5.41) is 13.6. The average molecular weight is 401 g/mol. The van der Waals surface area contributed by atoms with Crippen LogP contribution in [-0.4, -0.2) is 40.5 Å². The van der Waals surface area contributed by atoms with Crippen LogP contribution in [0.2, 0.25) is 0 Å². The first-order chi connectivity index (χ1) is 14.6. The van der Waals surface area contributed by atoms with Crippen molar-refractivity contribution in [2.45, 2.75) is 13.0 Å². The van der Waals surface area contributed by atoms with Crippen LogP contribution < -0.4 is 15.4 Å². The zero-order valence-corrected chi connectivity index (χ0v) is 16.2. The van der Waals surface area contributed by atoms with Gasteiger partial charge in [-0.25, -0.2) is 9.79 Å². The lowest BCUT2D eigenvalue weighted by molar-refractivity contribution is -0.118. The lowest BCUT2D eigenvalue weighted by atomic mass is 9.86. The number of amides is 3. The number of ether oxygens (including phenoxy) is 1. The fourth-order valence-electron chi connectivity index (χ4n) is 3.92. The molecular weight excluding hydrogens is 382 g/mol. The van der Waals surface area contributed by atoms with Gasteiger partial charge in [0.05, 0.1) is 17.8 Å². The van der Waals surface area contributed by atoms with Crippen molar-refractivity contribution >= 4 is 40.3 Å². The molecule has 2 aliphatic rings. The number of aromatic amines is 1. The molecule has 8 heteroatoms. The van der Waals surface area contributed by atoms with Crippen molar-refractivity contribution in [2.75, 3.05) is 11.9 Å². The van der Waals surface area contributed by atoms with Gasteiger partial charge in [-0.1, -0.05) is 18.2 Å². The molecule has 0 fully saturated rings. The van der Waals surface area contributed by atoms with E-state index < -0.39 is 18.0 Å². The summed E-state index contributed by atoms with van der Waals surface area (Å²) in [7, 11) is 0. The second-order valence-electron chi connectivity index (χ2n) is 7.37. The van der Waals surface area contributed by atoms with E-state index in [4.69, 9.17) is 4.74 Å². The highest BCUT2D eigenvalue weighted by atomic mass is 16.5. The standard InChI is InChI=1S/C22H19N5O3/c1-12-19(21(28)25-16-6-7-17-14(9-16)10-23-27-17)20(26-22(29)24-12)15-8-13-4-2-3-5-18(13)30-11-15/h2-10,19-20H,11H2,1H3,(H,23,27)(H,25,28)(H,26,29). The van der Waals surface area contributed by atoms with Gasteiger partial charge in [0.1, 0.15) is 18.3 Å². The number of nitrogens with one attached hydrogen (secondary N) is 3. The van der Waals surface area contributed by atoms with Gasteiger partial charge in [-0.05, 0) is 42.8 Å². The Kier molecular flexibility index (Phi) is 4.31. The molecular formula is C22H19N5O3. The largest absolute Gasteiger partial charge is 0.489 e. The molecule has 2 unspecified atom stereocenters. The number of aromatic nitrogens is 2. The highest BCUT2D eigenvalue weighted by molar-refractivity contribution is 6.14. The molecule has 0 saturated heterocycles. The van der Waals surface area contributed by atoms with E-state index in [9.17, 15) is 9.59 Å². The van der Waals surface area contributed by atoms with E-state index in [0.29, 0.717) is 18.0 Å². The molecule has 2 aliphatic heterocycles. The van der Waals surface area contributed by atoms with E-state index in [0.717, 1.165) is 27.8 Å². The monoisotopic (exact) mass is 401 g/mol. The fraction of sp³-hybridized carbons (Fsp3) is 0.182. The predicted octanol–water partition coefficient (Wildman–Crippen LogP) is 3.15. The van der Waals surface area contributed by atoms with Crippen LogP contribution in [0.3, 0.4) is 0 Å². The van der Waals surface area contributed by atoms with E-state index in [1.165, 1.54) is 0 Å². The maximum atomic E-state index is 13.2. The van der Waals surface area contributed by atoms with Crippen LogP contribution in [0.4, 0.5) is 10.5 Å². The minimum absolute atomic E-state index is 0.246. The number of hydrogen-bond donors (Lipinski definition) is 3. The molecule has 3 amide bonds. The van der Waals surface area contributed by atoms with Crippen molar-refractivity contribution in [1.29, 1.82) is 0 Å². The molecule has 3 aromatic rings. The molecule has 150 valence electrons. The Bertz CT molecular complexity index is 1230. The lowest BCUT2D eigenvalue weighted by Crippen LogP contribution is -2.52. The second kappa shape index (κ2) is 7.14. The summed E-state index contributed by atoms with van der Waals surface area (Å²) in [6.07, 6.45) is 3.67. The molecule has 0 saturated carbocycles. The number of rotatable bonds is 3. The number of carbonyl (C=O) groups excluding carboxylic acids is 2. The summed E-state index contributed by atoms with van der Waals surface area (Å²) in [5.41, 5.74) is 3.73. The molecule has 8 nitrogen and oxygen atoms in total. The average Bonchev–Trinajstić information content (AvgIpc) is 3.20. The van der Waals surface area contributed by atoms with Gasteiger partial charge < -0.3 is 15.4 Å². The van der Waals surface area contributed by atoms with Crippen molar-refractivity contribution in [3.05, 3.63) is 59.8 Å². The van der Waals surface area contributed by atoms with Crippen LogP contribution >= 0.6 is 0 Å². The number of urea groups is 1. The van der Waals surface area contributed by atoms with Gasteiger partial charge in [-0.2, -0.15) is 5.10 Å². The number of aliphatic imine (C=N–C) groups is 1. The summed E-state index contributed by atoms with van der Waals surface area (Å²) in [5.74, 6) is -0.116. The topological polar surface area (TPSA) is 108 Å². The molecule has 0 bridgehead atoms. The van der Waals surface area contributed by atoms with Gasteiger partial charge in [0.15, 0.2) is 0 Å². The first kappa shape index (κ1) is 18.1. The second-order valence-corrected chi connectivity index (χ2v) is 7.37. The quantitative estimate of drug-likeness (QED) is 0.626. The lowest BCUT2D eigenvalue weighted by Gasteiger charge is -2.33. The van der Waals surface area contributed by atoms with Crippen molar-refractivity contribution < 1.29 is 14.3 Å². The van der Waals surface area contributed by atoms with Crippen LogP contribution in [0.5, 0.6) is 5.75 Å². The molecule has 2 aromatic carbocycles. The molecule has 5 rings (SSSR count). The van der Waals surface area contributed by atoms with Gasteiger partial charge in [0.2, 0.25) is 5.91 Å². The first-order valence-electron chi connectivity index (χ1n) is 9.60. The normalized spacial score (nSPS) is 20.5. The Morgan fingerprint density at radius 3 is 3.00 bits per heavy atom. The van der Waals surface area contributed by atoms with Gasteiger partial charge in [0.25, 0.3) is 0 Å². The van der Waals surface area contributed by atoms with E-state index in [1.54, 1.807) is 19.2 Å². The molecule has 0 aliphatic carbocycles. The Morgan fingerprint density at radius 2 is 2.10 bits per heavy atom. The number of nitrogens with zero attached hydrogens (tertiary/aromatic N) is 2. The Labute approximate surface area is 172 Å². The summed E-state index contributed by atoms with van der Waals surface area (Å²) >= 11 is 0. The maximum Gasteiger partial charge on any atom is 0.341 e. The number of para-hydroxylation sites is 1. The fourth-order valence-corrected chi connectivity index (χ4v) is 3.92. The van der Waals surface area contributed by atoms with Crippen molar-refractivity contribution in [2.24, 2.45) is 10.9 Å². The van der Waals surface area contributed by atoms with E-state index in [1.807, 2.05) is 42.5 Å². The zero-order valence-electron chi connectivity index (χ0n) is 16.2. The van der Waals surface area contributed by atoms with Crippen molar-refractivity contribution in [3.8, 4) is 5.75 Å². The first-order valence-corrected chi connectivity index (χ1v) is 9.60. The van der Waals surface area contributed by atoms with Crippen LogP contribution in [0, 0.1) is 5.92 Å². The SMILES string of the molecule is CC1=NC(=O)NC(C2=Cc3ccccc3OC2)C1C(=O)Nc1ccc2[nH]ncc2c1. The van der Waals surface area contributed by atoms with Crippen LogP contribution in [0.1, 0.15) is 12.5 Å². The van der Waals surface area contributed by atoms with E-state index >= 15 is 0 Å². The molecule has 2 atom stereocenters. The third kappa shape index (κ3) is 3.22. The maximum absolute atomic E-state index is 13.2. The molecule has 0 radical (unpaired) electrons. The summed E-state index contributed by atoms with van der Waals surface area (Å²) in [6.45, 7) is 1.99. The molecule has 1 aromatic heterocycles. The smallest absolute Gasteiger partial charge is 0.341 e. The van der Waals surface area contributed by atoms with E-state index in [2.05, 4.69) is 25.8 Å². The summed E-state index contributed by atoms with van der Waals surface area (Å²) < 4.78 is 5.84. The predicted molar refractivity (Wildman–Crippen MR) is 114 cm³/mol. The highest BCUT2D eigenvalue weighted by Gasteiger charge is 2.38. The third-order valence-electron chi connectivity index (χ3n) is 5.38. The molecule has 30 heavy (non-hydrogen) atoms. The number of hydrogen-bond acceptors (Lipinski definition) is 4. The minimum atomic E-state index is -0.650. The van der Waals surface area contributed by atoms with Crippen molar-refractivity contribution in [3.63, 3.8) is 0 Å². The van der Waals surface area contributed by atoms with E-state index in [-0.39, 0.29) is 5.91 Å².